The fourth-order valence-corrected chi connectivity index (χ4v) is 4.37. The number of carbonyl (C=O) groups excluding carboxylic acids is 1. The maximum absolute atomic E-state index is 12.5. The van der Waals surface area contributed by atoms with Gasteiger partial charge in [-0.05, 0) is 69.3 Å². The lowest BCUT2D eigenvalue weighted by Crippen LogP contribution is -2.50. The number of amides is 1. The van der Waals surface area contributed by atoms with Crippen LogP contribution >= 0.6 is 0 Å². The monoisotopic (exact) mass is 372 g/mol. The average molecular weight is 373 g/mol. The van der Waals surface area contributed by atoms with Crippen LogP contribution in [0.3, 0.4) is 0 Å². The maximum Gasteiger partial charge on any atom is 0.224 e. The van der Waals surface area contributed by atoms with Gasteiger partial charge in [-0.1, -0.05) is 19.9 Å². The standard InChI is InChI=1S/C22H36N4O/c1-18(2)7-11-24-22(27)20-6-4-12-26(17-20)21-8-13-25(14-9-21)16-19-5-3-10-23-15-19/h3,5,10,15,18,20-21H,4,6-9,11-14,16-17H2,1-2H3,(H,24,27). The van der Waals surface area contributed by atoms with E-state index in [-0.39, 0.29) is 11.8 Å². The lowest BCUT2D eigenvalue weighted by atomic mass is 9.93. The number of hydrogen-bond donors (Lipinski definition) is 1. The van der Waals surface area contributed by atoms with Crippen LogP contribution in [-0.2, 0) is 11.3 Å². The number of nitrogens with one attached hydrogen (secondary N) is 1. The van der Waals surface area contributed by atoms with Crippen LogP contribution in [0.1, 0.15) is 51.5 Å². The van der Waals surface area contributed by atoms with Crippen molar-refractivity contribution in [2.75, 3.05) is 32.7 Å². The predicted molar refractivity (Wildman–Crippen MR) is 109 cm³/mol. The Morgan fingerprint density at radius 2 is 2.07 bits per heavy atom. The zero-order valence-electron chi connectivity index (χ0n) is 17.1. The largest absolute Gasteiger partial charge is 0.356 e. The van der Waals surface area contributed by atoms with E-state index in [0.29, 0.717) is 12.0 Å². The second-order valence-electron chi connectivity index (χ2n) is 8.68. The van der Waals surface area contributed by atoms with Crippen LogP contribution in [0, 0.1) is 11.8 Å². The Bertz CT molecular complexity index is 569. The molecule has 1 unspecified atom stereocenters. The molecule has 1 amide bonds. The summed E-state index contributed by atoms with van der Waals surface area (Å²) in [5.74, 6) is 1.10. The summed E-state index contributed by atoms with van der Waals surface area (Å²) < 4.78 is 0. The van der Waals surface area contributed by atoms with Gasteiger partial charge in [-0.25, -0.2) is 0 Å². The highest BCUT2D eigenvalue weighted by Crippen LogP contribution is 2.24. The van der Waals surface area contributed by atoms with Gasteiger partial charge in [-0.15, -0.1) is 0 Å². The van der Waals surface area contributed by atoms with Crippen LogP contribution in [0.5, 0.6) is 0 Å². The molecule has 1 atom stereocenters. The summed E-state index contributed by atoms with van der Waals surface area (Å²) in [6.45, 7) is 10.6. The van der Waals surface area contributed by atoms with Gasteiger partial charge in [-0.3, -0.25) is 19.6 Å². The second-order valence-corrected chi connectivity index (χ2v) is 8.68. The Morgan fingerprint density at radius 1 is 1.26 bits per heavy atom. The quantitative estimate of drug-likeness (QED) is 0.799. The van der Waals surface area contributed by atoms with E-state index in [0.717, 1.165) is 58.5 Å². The van der Waals surface area contributed by atoms with E-state index in [1.54, 1.807) is 0 Å². The van der Waals surface area contributed by atoms with E-state index in [4.69, 9.17) is 0 Å². The lowest BCUT2D eigenvalue weighted by Gasteiger charge is -2.42. The number of carbonyl (C=O) groups is 1. The molecule has 1 aromatic rings. The van der Waals surface area contributed by atoms with E-state index in [1.807, 2.05) is 18.5 Å². The van der Waals surface area contributed by atoms with Gasteiger partial charge in [0.1, 0.15) is 0 Å². The van der Waals surface area contributed by atoms with Crippen molar-refractivity contribution in [3.8, 4) is 0 Å². The summed E-state index contributed by atoms with van der Waals surface area (Å²) in [5, 5.41) is 3.16. The first-order chi connectivity index (χ1) is 13.1. The van der Waals surface area contributed by atoms with E-state index in [1.165, 1.54) is 18.4 Å². The molecule has 0 aliphatic carbocycles. The number of pyridine rings is 1. The van der Waals surface area contributed by atoms with E-state index < -0.39 is 0 Å². The Hall–Kier alpha value is -1.46. The SMILES string of the molecule is CC(C)CCNC(=O)C1CCCN(C2CCN(Cc3cccnc3)CC2)C1. The molecule has 2 fully saturated rings. The van der Waals surface area contributed by atoms with Gasteiger partial charge in [0.15, 0.2) is 0 Å². The number of piperidine rings is 2. The van der Waals surface area contributed by atoms with Crippen molar-refractivity contribution in [3.05, 3.63) is 30.1 Å². The smallest absolute Gasteiger partial charge is 0.224 e. The van der Waals surface area contributed by atoms with Gasteiger partial charge in [0, 0.05) is 38.1 Å². The predicted octanol–water partition coefficient (Wildman–Crippen LogP) is 2.92. The van der Waals surface area contributed by atoms with Gasteiger partial charge in [-0.2, -0.15) is 0 Å². The van der Waals surface area contributed by atoms with Crippen molar-refractivity contribution >= 4 is 5.91 Å². The minimum absolute atomic E-state index is 0.180. The fraction of sp³-hybridized carbons (Fsp3) is 0.727. The van der Waals surface area contributed by atoms with E-state index in [2.05, 4.69) is 40.0 Å². The second kappa shape index (κ2) is 10.2. The zero-order valence-corrected chi connectivity index (χ0v) is 17.1. The molecule has 3 heterocycles. The van der Waals surface area contributed by atoms with Crippen LogP contribution < -0.4 is 5.32 Å². The molecule has 2 aliphatic heterocycles. The Morgan fingerprint density at radius 3 is 2.78 bits per heavy atom. The van der Waals surface area contributed by atoms with Crippen LogP contribution in [-0.4, -0.2) is 59.5 Å². The molecule has 0 saturated carbocycles. The van der Waals surface area contributed by atoms with Gasteiger partial charge >= 0.3 is 0 Å². The van der Waals surface area contributed by atoms with Gasteiger partial charge in [0.25, 0.3) is 0 Å². The summed E-state index contributed by atoms with van der Waals surface area (Å²) in [7, 11) is 0. The first-order valence-electron chi connectivity index (χ1n) is 10.7. The highest BCUT2D eigenvalue weighted by Gasteiger charge is 2.31. The first-order valence-corrected chi connectivity index (χ1v) is 10.7. The zero-order chi connectivity index (χ0) is 19.1. The molecule has 2 aliphatic rings. The molecule has 150 valence electrons. The Balaban J connectivity index is 1.42. The average Bonchev–Trinajstić information content (AvgIpc) is 2.69. The Labute approximate surface area is 164 Å². The third-order valence-corrected chi connectivity index (χ3v) is 6.05. The number of likely N-dealkylation sites (tertiary alicyclic amines) is 2. The molecule has 0 spiro atoms. The summed E-state index contributed by atoms with van der Waals surface area (Å²) in [6.07, 6.45) is 9.49. The van der Waals surface area contributed by atoms with Crippen LogP contribution in [0.25, 0.3) is 0 Å². The van der Waals surface area contributed by atoms with E-state index in [9.17, 15) is 4.79 Å². The minimum Gasteiger partial charge on any atom is -0.356 e. The molecule has 5 nitrogen and oxygen atoms in total. The number of hydrogen-bond acceptors (Lipinski definition) is 4. The topological polar surface area (TPSA) is 48.5 Å². The summed E-state index contributed by atoms with van der Waals surface area (Å²) in [5.41, 5.74) is 1.30. The molecule has 0 radical (unpaired) electrons. The van der Waals surface area contributed by atoms with Crippen LogP contribution in [0.2, 0.25) is 0 Å². The maximum atomic E-state index is 12.5. The molecule has 5 heteroatoms. The van der Waals surface area contributed by atoms with Crippen molar-refractivity contribution in [1.29, 1.82) is 0 Å². The van der Waals surface area contributed by atoms with Gasteiger partial charge < -0.3 is 5.32 Å². The summed E-state index contributed by atoms with van der Waals surface area (Å²) in [4.78, 5) is 21.9. The van der Waals surface area contributed by atoms with Gasteiger partial charge in [0.2, 0.25) is 5.91 Å². The van der Waals surface area contributed by atoms with Crippen molar-refractivity contribution in [2.45, 2.75) is 58.5 Å². The third kappa shape index (κ3) is 6.28. The molecule has 0 aromatic carbocycles. The third-order valence-electron chi connectivity index (χ3n) is 6.05. The lowest BCUT2D eigenvalue weighted by molar-refractivity contribution is -0.127. The fourth-order valence-electron chi connectivity index (χ4n) is 4.37. The van der Waals surface area contributed by atoms with E-state index >= 15 is 0 Å². The molecule has 3 rings (SSSR count). The molecular formula is C22H36N4O. The van der Waals surface area contributed by atoms with Gasteiger partial charge in [0.05, 0.1) is 5.92 Å². The highest BCUT2D eigenvalue weighted by molar-refractivity contribution is 5.78. The van der Waals surface area contributed by atoms with Crippen LogP contribution in [0.4, 0.5) is 0 Å². The summed E-state index contributed by atoms with van der Waals surface area (Å²) in [6, 6.07) is 4.82. The van der Waals surface area contributed by atoms with Crippen LogP contribution in [0.15, 0.2) is 24.5 Å². The van der Waals surface area contributed by atoms with Crippen molar-refractivity contribution in [2.24, 2.45) is 11.8 Å². The Kier molecular flexibility index (Phi) is 7.65. The number of nitrogens with zero attached hydrogens (tertiary/aromatic N) is 3. The number of rotatable bonds is 7. The first kappa shape index (κ1) is 20.3. The molecule has 0 bridgehead atoms. The number of aromatic nitrogens is 1. The van der Waals surface area contributed by atoms with Crippen molar-refractivity contribution in [1.82, 2.24) is 20.1 Å². The molecule has 27 heavy (non-hydrogen) atoms. The summed E-state index contributed by atoms with van der Waals surface area (Å²) >= 11 is 0. The highest BCUT2D eigenvalue weighted by atomic mass is 16.1. The van der Waals surface area contributed by atoms with Crippen molar-refractivity contribution < 1.29 is 4.79 Å². The molecule has 1 aromatic heterocycles. The van der Waals surface area contributed by atoms with Crippen molar-refractivity contribution in [3.63, 3.8) is 0 Å². The molecule has 1 N–H and O–H groups in total. The molecular weight excluding hydrogens is 336 g/mol. The molecule has 2 saturated heterocycles. The normalized spacial score (nSPS) is 22.9. The minimum atomic E-state index is 0.180.